The fourth-order valence-electron chi connectivity index (χ4n) is 3.57. The lowest BCUT2D eigenvalue weighted by Gasteiger charge is -2.18. The highest BCUT2D eigenvalue weighted by Crippen LogP contribution is 2.40. The summed E-state index contributed by atoms with van der Waals surface area (Å²) < 4.78 is 1.49. The Hall–Kier alpha value is -2.44. The van der Waals surface area contributed by atoms with Crippen molar-refractivity contribution in [2.24, 2.45) is 0 Å². The smallest absolute Gasteiger partial charge is 0.329 e. The summed E-state index contributed by atoms with van der Waals surface area (Å²) in [6.45, 7) is 3.86. The summed E-state index contributed by atoms with van der Waals surface area (Å²) in [5, 5.41) is 0.245. The molecule has 25 heavy (non-hydrogen) atoms. The molecule has 1 saturated heterocycles. The van der Waals surface area contributed by atoms with E-state index >= 15 is 0 Å². The molecule has 1 N–H and O–H groups in total. The summed E-state index contributed by atoms with van der Waals surface area (Å²) in [6.07, 6.45) is 4.79. The highest BCUT2D eigenvalue weighted by molar-refractivity contribution is 6.05. The molecule has 0 unspecified atom stereocenters. The molecule has 7 heteroatoms. The van der Waals surface area contributed by atoms with Crippen LogP contribution in [-0.2, 0) is 6.54 Å². The monoisotopic (exact) mass is 342 g/mol. The largest absolute Gasteiger partial charge is 0.339 e. The van der Waals surface area contributed by atoms with Gasteiger partial charge in [0.1, 0.15) is 0 Å². The number of pyridine rings is 1. The summed E-state index contributed by atoms with van der Waals surface area (Å²) >= 11 is 0. The lowest BCUT2D eigenvalue weighted by atomic mass is 10.1. The number of H-pyrrole nitrogens is 1. The molecule has 132 valence electrons. The van der Waals surface area contributed by atoms with Crippen molar-refractivity contribution in [2.45, 2.75) is 51.5 Å². The molecule has 1 amide bonds. The zero-order valence-electron chi connectivity index (χ0n) is 14.4. The molecule has 0 radical (unpaired) electrons. The van der Waals surface area contributed by atoms with Crippen molar-refractivity contribution in [1.29, 1.82) is 0 Å². The lowest BCUT2D eigenvalue weighted by Crippen LogP contribution is -2.34. The van der Waals surface area contributed by atoms with E-state index in [0.717, 1.165) is 37.8 Å². The maximum absolute atomic E-state index is 13.0. The number of carbonyl (C=O) groups excluding carboxylic acids is 1. The standard InChI is InChI=1S/C18H22N4O3/c1-2-7-22-15-14(16(23)20-18(22)25)12(10-13(19-15)11-5-6-11)17(24)21-8-3-4-9-21/h10-11H,2-9H2,1H3,(H,20,23,25). The lowest BCUT2D eigenvalue weighted by molar-refractivity contribution is 0.0794. The Morgan fingerprint density at radius 3 is 2.64 bits per heavy atom. The maximum atomic E-state index is 13.0. The molecule has 1 aliphatic carbocycles. The highest BCUT2D eigenvalue weighted by atomic mass is 16.2. The van der Waals surface area contributed by atoms with Crippen LogP contribution in [-0.4, -0.2) is 38.4 Å². The number of carbonyl (C=O) groups is 1. The molecule has 2 aliphatic rings. The molecule has 1 aliphatic heterocycles. The van der Waals surface area contributed by atoms with E-state index < -0.39 is 11.2 Å². The number of hydrogen-bond acceptors (Lipinski definition) is 4. The van der Waals surface area contributed by atoms with Gasteiger partial charge in [-0.3, -0.25) is 19.1 Å². The Kier molecular flexibility index (Phi) is 3.94. The molecule has 0 aromatic carbocycles. The van der Waals surface area contributed by atoms with E-state index in [1.54, 1.807) is 11.0 Å². The van der Waals surface area contributed by atoms with E-state index in [0.29, 0.717) is 36.8 Å². The number of fused-ring (bicyclic) bond motifs is 1. The summed E-state index contributed by atoms with van der Waals surface area (Å²) in [6, 6.07) is 1.77. The van der Waals surface area contributed by atoms with Crippen molar-refractivity contribution in [2.75, 3.05) is 13.1 Å². The van der Waals surface area contributed by atoms with Crippen LogP contribution in [0.2, 0.25) is 0 Å². The van der Waals surface area contributed by atoms with Gasteiger partial charge in [-0.25, -0.2) is 9.78 Å². The summed E-state index contributed by atoms with van der Waals surface area (Å²) in [5.41, 5.74) is 0.580. The first-order valence-corrected chi connectivity index (χ1v) is 9.07. The predicted molar refractivity (Wildman–Crippen MR) is 94.0 cm³/mol. The quantitative estimate of drug-likeness (QED) is 0.914. The normalized spacial score (nSPS) is 17.4. The van der Waals surface area contributed by atoms with Crippen molar-refractivity contribution in [3.63, 3.8) is 0 Å². The molecule has 1 saturated carbocycles. The fraction of sp³-hybridized carbons (Fsp3) is 0.556. The Morgan fingerprint density at radius 1 is 1.28 bits per heavy atom. The van der Waals surface area contributed by atoms with Gasteiger partial charge in [0, 0.05) is 31.2 Å². The second-order valence-electron chi connectivity index (χ2n) is 6.98. The Labute approximate surface area is 144 Å². The molecular formula is C18H22N4O3. The fourth-order valence-corrected chi connectivity index (χ4v) is 3.57. The Balaban J connectivity index is 1.99. The van der Waals surface area contributed by atoms with Crippen LogP contribution in [0.15, 0.2) is 15.7 Å². The number of amides is 1. The number of hydrogen-bond donors (Lipinski definition) is 1. The van der Waals surface area contributed by atoms with Gasteiger partial charge >= 0.3 is 5.69 Å². The van der Waals surface area contributed by atoms with Crippen molar-refractivity contribution < 1.29 is 4.79 Å². The van der Waals surface area contributed by atoms with Gasteiger partial charge < -0.3 is 4.90 Å². The minimum atomic E-state index is -0.523. The van der Waals surface area contributed by atoms with E-state index in [9.17, 15) is 14.4 Å². The van der Waals surface area contributed by atoms with Crippen LogP contribution >= 0.6 is 0 Å². The van der Waals surface area contributed by atoms with E-state index in [1.807, 2.05) is 6.92 Å². The minimum Gasteiger partial charge on any atom is -0.339 e. The van der Waals surface area contributed by atoms with Crippen molar-refractivity contribution in [3.8, 4) is 0 Å². The average molecular weight is 342 g/mol. The van der Waals surface area contributed by atoms with Crippen LogP contribution in [0.4, 0.5) is 0 Å². The Morgan fingerprint density at radius 2 is 2.00 bits per heavy atom. The SMILES string of the molecule is CCCn1c(=O)[nH]c(=O)c2c(C(=O)N3CCCC3)cc(C3CC3)nc21. The number of nitrogens with one attached hydrogen (secondary N) is 1. The van der Waals surface area contributed by atoms with E-state index in [1.165, 1.54) is 4.57 Å². The van der Waals surface area contributed by atoms with E-state index in [4.69, 9.17) is 0 Å². The van der Waals surface area contributed by atoms with Gasteiger partial charge in [0.2, 0.25) is 0 Å². The summed E-state index contributed by atoms with van der Waals surface area (Å²) in [4.78, 5) is 46.6. The van der Waals surface area contributed by atoms with Gasteiger partial charge in [-0.05, 0) is 38.2 Å². The topological polar surface area (TPSA) is 88.1 Å². The number of aromatic nitrogens is 3. The molecule has 2 fully saturated rings. The molecule has 0 atom stereocenters. The first-order chi connectivity index (χ1) is 12.1. The van der Waals surface area contributed by atoms with Gasteiger partial charge in [0.25, 0.3) is 11.5 Å². The molecule has 2 aromatic rings. The van der Waals surface area contributed by atoms with E-state index in [2.05, 4.69) is 9.97 Å². The molecule has 0 spiro atoms. The number of aryl methyl sites for hydroxylation is 1. The third-order valence-electron chi connectivity index (χ3n) is 5.04. The predicted octanol–water partition coefficient (Wildman–Crippen LogP) is 1.61. The molecule has 3 heterocycles. The van der Waals surface area contributed by atoms with Crippen molar-refractivity contribution >= 4 is 16.9 Å². The van der Waals surface area contributed by atoms with Crippen LogP contribution in [0.3, 0.4) is 0 Å². The number of rotatable bonds is 4. The first kappa shape index (κ1) is 16.1. The third kappa shape index (κ3) is 2.77. The molecular weight excluding hydrogens is 320 g/mol. The van der Waals surface area contributed by atoms with Crippen LogP contribution in [0.5, 0.6) is 0 Å². The highest BCUT2D eigenvalue weighted by Gasteiger charge is 2.30. The van der Waals surface area contributed by atoms with Crippen LogP contribution in [0.25, 0.3) is 11.0 Å². The first-order valence-electron chi connectivity index (χ1n) is 9.07. The van der Waals surface area contributed by atoms with Crippen molar-refractivity contribution in [1.82, 2.24) is 19.4 Å². The van der Waals surface area contributed by atoms with Gasteiger partial charge in [0.15, 0.2) is 5.65 Å². The average Bonchev–Trinajstić information content (AvgIpc) is 3.31. The number of nitrogens with zero attached hydrogens (tertiary/aromatic N) is 3. The van der Waals surface area contributed by atoms with Gasteiger partial charge in [-0.1, -0.05) is 6.92 Å². The molecule has 7 nitrogen and oxygen atoms in total. The van der Waals surface area contributed by atoms with Crippen LogP contribution in [0, 0.1) is 0 Å². The van der Waals surface area contributed by atoms with Crippen LogP contribution in [0.1, 0.15) is 61.0 Å². The second kappa shape index (κ2) is 6.13. The zero-order valence-corrected chi connectivity index (χ0v) is 14.4. The number of likely N-dealkylation sites (tertiary alicyclic amines) is 1. The van der Waals surface area contributed by atoms with Crippen molar-refractivity contribution in [3.05, 3.63) is 38.2 Å². The maximum Gasteiger partial charge on any atom is 0.329 e. The second-order valence-corrected chi connectivity index (χ2v) is 6.98. The summed E-state index contributed by atoms with van der Waals surface area (Å²) in [5.74, 6) is 0.206. The Bertz CT molecular complexity index is 949. The molecule has 2 aromatic heterocycles. The molecule has 4 rings (SSSR count). The van der Waals surface area contributed by atoms with E-state index in [-0.39, 0.29) is 11.3 Å². The molecule has 0 bridgehead atoms. The number of aromatic amines is 1. The third-order valence-corrected chi connectivity index (χ3v) is 5.04. The van der Waals surface area contributed by atoms with Crippen LogP contribution < -0.4 is 11.2 Å². The van der Waals surface area contributed by atoms with Gasteiger partial charge in [-0.15, -0.1) is 0 Å². The van der Waals surface area contributed by atoms with Gasteiger partial charge in [0.05, 0.1) is 10.9 Å². The minimum absolute atomic E-state index is 0.126. The zero-order chi connectivity index (χ0) is 17.6. The van der Waals surface area contributed by atoms with Gasteiger partial charge in [-0.2, -0.15) is 0 Å². The summed E-state index contributed by atoms with van der Waals surface area (Å²) in [7, 11) is 0.